The molecule has 0 aromatic heterocycles. The highest BCUT2D eigenvalue weighted by molar-refractivity contribution is 5.94. The highest BCUT2D eigenvalue weighted by atomic mass is 16.3. The van der Waals surface area contributed by atoms with Crippen LogP contribution in [0.1, 0.15) is 17.3 Å². The van der Waals surface area contributed by atoms with Crippen LogP contribution in [0.15, 0.2) is 18.2 Å². The lowest BCUT2D eigenvalue weighted by molar-refractivity contribution is 0.0460. The zero-order valence-electron chi connectivity index (χ0n) is 11.6. The van der Waals surface area contributed by atoms with E-state index in [2.05, 4.69) is 5.32 Å². The second kappa shape index (κ2) is 5.90. The lowest BCUT2D eigenvalue weighted by Crippen LogP contribution is -2.43. The predicted octanol–water partition coefficient (Wildman–Crippen LogP) is 0.0922. The number of hydrogen-bond acceptors (Lipinski definition) is 5. The van der Waals surface area contributed by atoms with Gasteiger partial charge in [0.2, 0.25) is 5.91 Å². The molecule has 1 amide bonds. The van der Waals surface area contributed by atoms with Crippen molar-refractivity contribution in [2.75, 3.05) is 38.2 Å². The van der Waals surface area contributed by atoms with Crippen molar-refractivity contribution >= 4 is 17.3 Å². The van der Waals surface area contributed by atoms with Crippen LogP contribution in [0.4, 0.5) is 11.4 Å². The summed E-state index contributed by atoms with van der Waals surface area (Å²) in [5, 5.41) is 13.2. The first-order valence-electron chi connectivity index (χ1n) is 6.01. The lowest BCUT2D eigenvalue weighted by Gasteiger charge is -2.27. The van der Waals surface area contributed by atoms with Gasteiger partial charge < -0.3 is 26.8 Å². The molecule has 0 fully saturated rings. The average Bonchev–Trinajstić information content (AvgIpc) is 2.25. The Morgan fingerprint density at radius 1 is 1.47 bits per heavy atom. The molecule has 6 heteroatoms. The molecule has 0 aliphatic heterocycles. The summed E-state index contributed by atoms with van der Waals surface area (Å²) in [5.74, 6) is -0.511. The molecule has 6 N–H and O–H groups in total. The van der Waals surface area contributed by atoms with Gasteiger partial charge in [-0.1, -0.05) is 0 Å². The second-order valence-electron chi connectivity index (χ2n) is 5.25. The standard InChI is InChI=1S/C13H22N4O2/c1-13(19,8-17(2)3)7-16-11-6-9(12(15)18)4-5-10(11)14/h4-6,16,19H,7-8,14H2,1-3H3,(H2,15,18). The summed E-state index contributed by atoms with van der Waals surface area (Å²) in [5.41, 5.74) is 11.6. The highest BCUT2D eigenvalue weighted by Gasteiger charge is 2.21. The number of hydrogen-bond donors (Lipinski definition) is 4. The van der Waals surface area contributed by atoms with Crippen LogP contribution in [-0.2, 0) is 0 Å². The van der Waals surface area contributed by atoms with Crippen molar-refractivity contribution in [2.45, 2.75) is 12.5 Å². The molecule has 1 rings (SSSR count). The van der Waals surface area contributed by atoms with Gasteiger partial charge in [0, 0.05) is 18.7 Å². The summed E-state index contributed by atoms with van der Waals surface area (Å²) in [6, 6.07) is 4.77. The fourth-order valence-corrected chi connectivity index (χ4v) is 1.89. The van der Waals surface area contributed by atoms with Gasteiger partial charge in [0.25, 0.3) is 0 Å². The Morgan fingerprint density at radius 2 is 2.11 bits per heavy atom. The number of aliphatic hydroxyl groups is 1. The molecule has 0 aliphatic carbocycles. The molecule has 6 nitrogen and oxygen atoms in total. The first-order chi connectivity index (χ1) is 8.71. The minimum Gasteiger partial charge on any atom is -0.397 e. The van der Waals surface area contributed by atoms with Crippen LogP contribution in [0.2, 0.25) is 0 Å². The van der Waals surface area contributed by atoms with Crippen LogP contribution >= 0.6 is 0 Å². The van der Waals surface area contributed by atoms with Gasteiger partial charge in [-0.3, -0.25) is 4.79 Å². The summed E-state index contributed by atoms with van der Waals surface area (Å²) >= 11 is 0. The van der Waals surface area contributed by atoms with Crippen LogP contribution in [0, 0.1) is 0 Å². The van der Waals surface area contributed by atoms with Gasteiger partial charge in [0.15, 0.2) is 0 Å². The lowest BCUT2D eigenvalue weighted by atomic mass is 10.1. The number of nitrogens with zero attached hydrogens (tertiary/aromatic N) is 1. The number of nitrogen functional groups attached to an aromatic ring is 1. The number of likely N-dealkylation sites (N-methyl/N-ethyl adjacent to an activating group) is 1. The van der Waals surface area contributed by atoms with Crippen LogP contribution < -0.4 is 16.8 Å². The Bertz CT molecular complexity index is 458. The second-order valence-corrected chi connectivity index (χ2v) is 5.25. The van der Waals surface area contributed by atoms with E-state index in [4.69, 9.17) is 11.5 Å². The largest absolute Gasteiger partial charge is 0.397 e. The van der Waals surface area contributed by atoms with Gasteiger partial charge in [-0.2, -0.15) is 0 Å². The predicted molar refractivity (Wildman–Crippen MR) is 77.0 cm³/mol. The molecule has 0 aliphatic rings. The van der Waals surface area contributed by atoms with Gasteiger partial charge in [0.05, 0.1) is 17.0 Å². The number of nitrogens with two attached hydrogens (primary N) is 2. The maximum atomic E-state index is 11.1. The van der Waals surface area contributed by atoms with Crippen molar-refractivity contribution in [1.29, 1.82) is 0 Å². The minimum atomic E-state index is -0.904. The number of primary amides is 1. The molecule has 0 saturated heterocycles. The first-order valence-corrected chi connectivity index (χ1v) is 6.01. The maximum Gasteiger partial charge on any atom is 0.248 e. The van der Waals surface area contributed by atoms with Crippen LogP contribution in [-0.4, -0.2) is 48.7 Å². The van der Waals surface area contributed by atoms with Crippen molar-refractivity contribution in [3.8, 4) is 0 Å². The Labute approximate surface area is 113 Å². The Kier molecular flexibility index (Phi) is 4.74. The van der Waals surface area contributed by atoms with E-state index >= 15 is 0 Å². The van der Waals surface area contributed by atoms with Crippen molar-refractivity contribution in [1.82, 2.24) is 4.90 Å². The molecule has 1 atom stereocenters. The molecule has 19 heavy (non-hydrogen) atoms. The Hall–Kier alpha value is -1.79. The number of nitrogens with one attached hydrogen (secondary N) is 1. The van der Waals surface area contributed by atoms with E-state index in [1.54, 1.807) is 25.1 Å². The van der Waals surface area contributed by atoms with E-state index in [0.29, 0.717) is 30.0 Å². The summed E-state index contributed by atoms with van der Waals surface area (Å²) in [6.45, 7) is 2.56. The zero-order valence-corrected chi connectivity index (χ0v) is 11.6. The van der Waals surface area contributed by atoms with Gasteiger partial charge in [-0.05, 0) is 39.2 Å². The molecule has 1 aromatic rings. The normalized spacial score (nSPS) is 14.2. The Balaban J connectivity index is 2.77. The number of carbonyl (C=O) groups is 1. The van der Waals surface area contributed by atoms with E-state index in [9.17, 15) is 9.90 Å². The van der Waals surface area contributed by atoms with E-state index in [-0.39, 0.29) is 0 Å². The van der Waals surface area contributed by atoms with Crippen molar-refractivity contribution in [3.63, 3.8) is 0 Å². The maximum absolute atomic E-state index is 11.1. The average molecular weight is 266 g/mol. The highest BCUT2D eigenvalue weighted by Crippen LogP contribution is 2.20. The van der Waals surface area contributed by atoms with Crippen molar-refractivity contribution in [2.24, 2.45) is 5.73 Å². The summed E-state index contributed by atoms with van der Waals surface area (Å²) in [4.78, 5) is 13.0. The van der Waals surface area contributed by atoms with E-state index in [1.165, 1.54) is 0 Å². The fourth-order valence-electron chi connectivity index (χ4n) is 1.89. The molecule has 1 unspecified atom stereocenters. The smallest absolute Gasteiger partial charge is 0.248 e. The molecular formula is C13H22N4O2. The summed E-state index contributed by atoms with van der Waals surface area (Å²) < 4.78 is 0. The van der Waals surface area contributed by atoms with Gasteiger partial charge >= 0.3 is 0 Å². The minimum absolute atomic E-state index is 0.317. The molecular weight excluding hydrogens is 244 g/mol. The third kappa shape index (κ3) is 4.76. The molecule has 0 saturated carbocycles. The number of anilines is 2. The number of carbonyl (C=O) groups excluding carboxylic acids is 1. The molecule has 0 radical (unpaired) electrons. The zero-order chi connectivity index (χ0) is 14.6. The molecule has 106 valence electrons. The molecule has 1 aromatic carbocycles. The SMILES string of the molecule is CN(C)CC(C)(O)CNc1cc(C(N)=O)ccc1N. The topological polar surface area (TPSA) is 105 Å². The van der Waals surface area contributed by atoms with E-state index in [0.717, 1.165) is 0 Å². The molecule has 0 bridgehead atoms. The van der Waals surface area contributed by atoms with Crippen molar-refractivity contribution < 1.29 is 9.90 Å². The monoisotopic (exact) mass is 266 g/mol. The Morgan fingerprint density at radius 3 is 2.63 bits per heavy atom. The number of rotatable bonds is 6. The third-order valence-corrected chi connectivity index (χ3v) is 2.65. The summed E-state index contributed by atoms with van der Waals surface area (Å²) in [7, 11) is 3.77. The van der Waals surface area contributed by atoms with Gasteiger partial charge in [0.1, 0.15) is 0 Å². The quantitative estimate of drug-likeness (QED) is 0.546. The van der Waals surface area contributed by atoms with Crippen LogP contribution in [0.25, 0.3) is 0 Å². The molecule has 0 spiro atoms. The van der Waals surface area contributed by atoms with E-state index in [1.807, 2.05) is 19.0 Å². The number of benzene rings is 1. The van der Waals surface area contributed by atoms with Crippen LogP contribution in [0.5, 0.6) is 0 Å². The van der Waals surface area contributed by atoms with Gasteiger partial charge in [-0.25, -0.2) is 0 Å². The van der Waals surface area contributed by atoms with Crippen molar-refractivity contribution in [3.05, 3.63) is 23.8 Å². The summed E-state index contributed by atoms with van der Waals surface area (Å²) in [6.07, 6.45) is 0. The first kappa shape index (κ1) is 15.3. The fraction of sp³-hybridized carbons (Fsp3) is 0.462. The van der Waals surface area contributed by atoms with E-state index < -0.39 is 11.5 Å². The third-order valence-electron chi connectivity index (χ3n) is 2.65. The van der Waals surface area contributed by atoms with Gasteiger partial charge in [-0.15, -0.1) is 0 Å². The molecule has 0 heterocycles. The number of amides is 1. The van der Waals surface area contributed by atoms with Crippen LogP contribution in [0.3, 0.4) is 0 Å².